The summed E-state index contributed by atoms with van der Waals surface area (Å²) >= 11 is 0. The number of alkyl halides is 3. The number of morpholine rings is 1. The van der Waals surface area contributed by atoms with Gasteiger partial charge in [0.15, 0.2) is 5.69 Å². The number of piperidine rings is 1. The number of ether oxygens (including phenoxy) is 1. The Hall–Kier alpha value is -1.61. The molecule has 0 spiro atoms. The van der Waals surface area contributed by atoms with Crippen molar-refractivity contribution in [1.29, 1.82) is 0 Å². The second-order valence-electron chi connectivity index (χ2n) is 7.17. The van der Waals surface area contributed by atoms with Gasteiger partial charge in [0.25, 0.3) is 0 Å². The summed E-state index contributed by atoms with van der Waals surface area (Å²) in [4.78, 5) is 14.0. The maximum absolute atomic E-state index is 13.2. The number of aromatic nitrogens is 2. The molecule has 1 atom stereocenters. The van der Waals surface area contributed by atoms with E-state index in [9.17, 15) is 13.2 Å². The molecule has 1 unspecified atom stereocenters. The average molecular weight is 373 g/mol. The zero-order valence-electron chi connectivity index (χ0n) is 15.3. The smallest absolute Gasteiger partial charge is 0.379 e. The number of nitrogens with zero attached hydrogens (tertiary/aromatic N) is 5. The van der Waals surface area contributed by atoms with Gasteiger partial charge >= 0.3 is 6.18 Å². The molecule has 26 heavy (non-hydrogen) atoms. The van der Waals surface area contributed by atoms with Crippen molar-refractivity contribution >= 4 is 11.8 Å². The molecular weight excluding hydrogens is 347 g/mol. The largest absolute Gasteiger partial charge is 0.433 e. The molecule has 6 nitrogen and oxygen atoms in total. The summed E-state index contributed by atoms with van der Waals surface area (Å²) in [5.74, 6) is 0.857. The molecule has 0 N–H and O–H groups in total. The third-order valence-electron chi connectivity index (χ3n) is 4.87. The van der Waals surface area contributed by atoms with Crippen LogP contribution in [0.4, 0.5) is 24.9 Å². The first-order valence-corrected chi connectivity index (χ1v) is 9.01. The van der Waals surface area contributed by atoms with Crippen LogP contribution in [0.3, 0.4) is 0 Å². The Morgan fingerprint density at radius 3 is 2.58 bits per heavy atom. The van der Waals surface area contributed by atoms with Crippen LogP contribution >= 0.6 is 0 Å². The monoisotopic (exact) mass is 373 g/mol. The van der Waals surface area contributed by atoms with Gasteiger partial charge in [0.2, 0.25) is 5.95 Å². The van der Waals surface area contributed by atoms with E-state index in [2.05, 4.69) is 14.9 Å². The molecule has 146 valence electrons. The minimum atomic E-state index is -4.48. The molecule has 0 aliphatic carbocycles. The van der Waals surface area contributed by atoms with Crippen LogP contribution < -0.4 is 9.80 Å². The molecule has 0 bridgehead atoms. The Labute approximate surface area is 151 Å². The van der Waals surface area contributed by atoms with Crippen molar-refractivity contribution < 1.29 is 17.9 Å². The molecule has 0 radical (unpaired) electrons. The predicted molar refractivity (Wildman–Crippen MR) is 93.6 cm³/mol. The van der Waals surface area contributed by atoms with Gasteiger partial charge in [-0.05, 0) is 18.8 Å². The number of rotatable bonds is 4. The van der Waals surface area contributed by atoms with E-state index in [1.54, 1.807) is 19.0 Å². The topological polar surface area (TPSA) is 44.7 Å². The highest BCUT2D eigenvalue weighted by Gasteiger charge is 2.35. The minimum Gasteiger partial charge on any atom is -0.379 e. The van der Waals surface area contributed by atoms with Crippen LogP contribution in [-0.2, 0) is 10.9 Å². The Bertz CT molecular complexity index is 605. The van der Waals surface area contributed by atoms with Gasteiger partial charge in [0, 0.05) is 52.9 Å². The number of hydrogen-bond acceptors (Lipinski definition) is 6. The SMILES string of the molecule is CN(C)c1cc(C(F)(F)F)nc(N2CCCC(CN3CCOCC3)C2)n1. The van der Waals surface area contributed by atoms with Gasteiger partial charge in [-0.15, -0.1) is 0 Å². The van der Waals surface area contributed by atoms with Gasteiger partial charge < -0.3 is 14.5 Å². The molecule has 1 aromatic heterocycles. The Morgan fingerprint density at radius 1 is 1.19 bits per heavy atom. The Balaban J connectivity index is 1.75. The van der Waals surface area contributed by atoms with E-state index < -0.39 is 11.9 Å². The van der Waals surface area contributed by atoms with Crippen LogP contribution in [-0.4, -0.2) is 74.9 Å². The van der Waals surface area contributed by atoms with E-state index in [1.165, 1.54) is 0 Å². The maximum Gasteiger partial charge on any atom is 0.433 e. The van der Waals surface area contributed by atoms with Crippen LogP contribution in [0.2, 0.25) is 0 Å². The summed E-state index contributed by atoms with van der Waals surface area (Å²) in [6, 6.07) is 0.999. The van der Waals surface area contributed by atoms with Gasteiger partial charge in [-0.3, -0.25) is 4.90 Å². The van der Waals surface area contributed by atoms with Crippen molar-refractivity contribution in [3.63, 3.8) is 0 Å². The summed E-state index contributed by atoms with van der Waals surface area (Å²) in [7, 11) is 3.37. The van der Waals surface area contributed by atoms with Crippen molar-refractivity contribution in [2.24, 2.45) is 5.92 Å². The average Bonchev–Trinajstić information content (AvgIpc) is 2.61. The van der Waals surface area contributed by atoms with Gasteiger partial charge in [-0.1, -0.05) is 0 Å². The van der Waals surface area contributed by atoms with Crippen molar-refractivity contribution in [2.75, 3.05) is 69.8 Å². The molecule has 2 fully saturated rings. The number of halogens is 3. The fourth-order valence-corrected chi connectivity index (χ4v) is 3.48. The zero-order valence-corrected chi connectivity index (χ0v) is 15.3. The van der Waals surface area contributed by atoms with E-state index in [4.69, 9.17) is 4.74 Å². The van der Waals surface area contributed by atoms with E-state index in [-0.39, 0.29) is 11.8 Å². The van der Waals surface area contributed by atoms with Crippen LogP contribution in [0, 0.1) is 5.92 Å². The van der Waals surface area contributed by atoms with E-state index >= 15 is 0 Å². The van der Waals surface area contributed by atoms with Crippen molar-refractivity contribution in [2.45, 2.75) is 19.0 Å². The molecule has 9 heteroatoms. The van der Waals surface area contributed by atoms with Crippen molar-refractivity contribution in [3.8, 4) is 0 Å². The lowest BCUT2D eigenvalue weighted by atomic mass is 9.97. The van der Waals surface area contributed by atoms with Crippen LogP contribution in [0.1, 0.15) is 18.5 Å². The highest BCUT2D eigenvalue weighted by Crippen LogP contribution is 2.32. The number of hydrogen-bond donors (Lipinski definition) is 0. The molecule has 3 rings (SSSR count). The molecule has 0 saturated carbocycles. The Morgan fingerprint density at radius 2 is 1.92 bits per heavy atom. The lowest BCUT2D eigenvalue weighted by molar-refractivity contribution is -0.141. The third kappa shape index (κ3) is 4.76. The first-order valence-electron chi connectivity index (χ1n) is 9.01. The van der Waals surface area contributed by atoms with E-state index in [0.717, 1.165) is 51.8 Å². The molecule has 3 heterocycles. The zero-order chi connectivity index (χ0) is 18.7. The molecule has 2 saturated heterocycles. The summed E-state index contributed by atoms with van der Waals surface area (Å²) < 4.78 is 45.0. The van der Waals surface area contributed by atoms with Crippen LogP contribution in [0.5, 0.6) is 0 Å². The second-order valence-corrected chi connectivity index (χ2v) is 7.17. The summed E-state index contributed by atoms with van der Waals surface area (Å²) in [5.41, 5.74) is -0.887. The summed E-state index contributed by atoms with van der Waals surface area (Å²) in [6.07, 6.45) is -2.47. The van der Waals surface area contributed by atoms with Gasteiger partial charge in [0.1, 0.15) is 5.82 Å². The molecule has 2 aliphatic rings. The molecular formula is C17H26F3N5O. The van der Waals surface area contributed by atoms with Crippen LogP contribution in [0.25, 0.3) is 0 Å². The van der Waals surface area contributed by atoms with E-state index in [1.807, 2.05) is 4.90 Å². The highest BCUT2D eigenvalue weighted by molar-refractivity contribution is 5.45. The first kappa shape index (κ1) is 19.2. The molecule has 0 amide bonds. The second kappa shape index (κ2) is 7.96. The third-order valence-corrected chi connectivity index (χ3v) is 4.87. The van der Waals surface area contributed by atoms with Gasteiger partial charge in [-0.25, -0.2) is 4.98 Å². The lowest BCUT2D eigenvalue weighted by Gasteiger charge is -2.37. The van der Waals surface area contributed by atoms with Crippen molar-refractivity contribution in [3.05, 3.63) is 11.8 Å². The fraction of sp³-hybridized carbons (Fsp3) is 0.765. The summed E-state index contributed by atoms with van der Waals surface area (Å²) in [5, 5.41) is 0. The molecule has 2 aliphatic heterocycles. The first-order chi connectivity index (χ1) is 12.3. The quantitative estimate of drug-likeness (QED) is 0.806. The van der Waals surface area contributed by atoms with Crippen LogP contribution in [0.15, 0.2) is 6.07 Å². The lowest BCUT2D eigenvalue weighted by Crippen LogP contribution is -2.45. The standard InChI is InChI=1S/C17H26F3N5O/c1-23(2)15-10-14(17(18,19)20)21-16(22-15)25-5-3-4-13(12-25)11-24-6-8-26-9-7-24/h10,13H,3-9,11-12H2,1-2H3. The minimum absolute atomic E-state index is 0.176. The van der Waals surface area contributed by atoms with Gasteiger partial charge in [0.05, 0.1) is 13.2 Å². The predicted octanol–water partition coefficient (Wildman–Crippen LogP) is 2.11. The van der Waals surface area contributed by atoms with E-state index in [0.29, 0.717) is 19.0 Å². The molecule has 0 aromatic carbocycles. The normalized spacial score (nSPS) is 22.5. The summed E-state index contributed by atoms with van der Waals surface area (Å²) in [6.45, 7) is 5.65. The van der Waals surface area contributed by atoms with Gasteiger partial charge in [-0.2, -0.15) is 18.2 Å². The maximum atomic E-state index is 13.2. The van der Waals surface area contributed by atoms with Crippen molar-refractivity contribution in [1.82, 2.24) is 14.9 Å². The highest BCUT2D eigenvalue weighted by atomic mass is 19.4. The fourth-order valence-electron chi connectivity index (χ4n) is 3.48. The Kier molecular flexibility index (Phi) is 5.86. The molecule has 1 aromatic rings. The number of anilines is 2.